The highest BCUT2D eigenvalue weighted by Crippen LogP contribution is 2.16. The second-order valence-electron chi connectivity index (χ2n) is 6.59. The number of nitrogens with one attached hydrogen (secondary N) is 2. The minimum atomic E-state index is -3.67. The minimum absolute atomic E-state index is 0.0588. The highest BCUT2D eigenvalue weighted by molar-refractivity contribution is 7.92. The van der Waals surface area contributed by atoms with E-state index in [0.29, 0.717) is 11.3 Å². The third kappa shape index (κ3) is 5.10. The molecule has 2 aromatic carbocycles. The lowest BCUT2D eigenvalue weighted by molar-refractivity contribution is -0.129. The largest absolute Gasteiger partial charge is 0.352 e. The molecule has 7 nitrogen and oxygen atoms in total. The zero-order chi connectivity index (χ0) is 20.0. The van der Waals surface area contributed by atoms with Crippen LogP contribution in [0.5, 0.6) is 0 Å². The molecular weight excluding hydrogens is 378 g/mol. The molecule has 148 valence electrons. The van der Waals surface area contributed by atoms with Gasteiger partial charge in [0.1, 0.15) is 0 Å². The molecule has 1 fully saturated rings. The Morgan fingerprint density at radius 3 is 2.21 bits per heavy atom. The van der Waals surface area contributed by atoms with E-state index < -0.39 is 10.0 Å². The molecule has 2 N–H and O–H groups in total. The lowest BCUT2D eigenvalue weighted by atomic mass is 10.2. The molecule has 2 amide bonds. The Kier molecular flexibility index (Phi) is 6.30. The van der Waals surface area contributed by atoms with Gasteiger partial charge in [0.2, 0.25) is 5.91 Å². The van der Waals surface area contributed by atoms with Gasteiger partial charge < -0.3 is 10.2 Å². The summed E-state index contributed by atoms with van der Waals surface area (Å²) >= 11 is 0. The van der Waals surface area contributed by atoms with Crippen molar-refractivity contribution < 1.29 is 18.0 Å². The van der Waals surface area contributed by atoms with Gasteiger partial charge in [-0.2, -0.15) is 0 Å². The smallest absolute Gasteiger partial charge is 0.261 e. The number of carbonyl (C=O) groups excluding carboxylic acids is 2. The van der Waals surface area contributed by atoms with Gasteiger partial charge in [-0.25, -0.2) is 8.42 Å². The van der Waals surface area contributed by atoms with E-state index in [1.54, 1.807) is 30.3 Å². The summed E-state index contributed by atoms with van der Waals surface area (Å²) in [6, 6.07) is 14.2. The van der Waals surface area contributed by atoms with Crippen molar-refractivity contribution in [3.8, 4) is 0 Å². The van der Waals surface area contributed by atoms with E-state index in [1.807, 2.05) is 4.90 Å². The van der Waals surface area contributed by atoms with Crippen molar-refractivity contribution in [3.63, 3.8) is 0 Å². The molecule has 3 rings (SSSR count). The Bertz CT molecular complexity index is 922. The molecule has 0 atom stereocenters. The second-order valence-corrected chi connectivity index (χ2v) is 8.27. The number of hydrogen-bond acceptors (Lipinski definition) is 4. The second kappa shape index (κ2) is 8.88. The molecule has 1 aliphatic rings. The maximum Gasteiger partial charge on any atom is 0.261 e. The molecule has 0 spiro atoms. The van der Waals surface area contributed by atoms with Crippen molar-refractivity contribution in [1.29, 1.82) is 0 Å². The minimum Gasteiger partial charge on any atom is -0.352 e. The van der Waals surface area contributed by atoms with Gasteiger partial charge in [-0.15, -0.1) is 0 Å². The van der Waals surface area contributed by atoms with E-state index in [-0.39, 0.29) is 29.7 Å². The third-order valence-electron chi connectivity index (χ3n) is 4.54. The molecule has 0 saturated carbocycles. The van der Waals surface area contributed by atoms with E-state index in [4.69, 9.17) is 0 Å². The van der Waals surface area contributed by atoms with Gasteiger partial charge in [0.15, 0.2) is 0 Å². The van der Waals surface area contributed by atoms with Crippen molar-refractivity contribution in [3.05, 3.63) is 60.2 Å². The van der Waals surface area contributed by atoms with Crippen molar-refractivity contribution in [2.24, 2.45) is 0 Å². The van der Waals surface area contributed by atoms with Crippen LogP contribution in [-0.2, 0) is 14.8 Å². The van der Waals surface area contributed by atoms with Gasteiger partial charge in [0, 0.05) is 37.3 Å². The van der Waals surface area contributed by atoms with Gasteiger partial charge in [-0.3, -0.25) is 14.3 Å². The van der Waals surface area contributed by atoms with Crippen LogP contribution in [0.4, 0.5) is 5.69 Å². The zero-order valence-corrected chi connectivity index (χ0v) is 16.2. The van der Waals surface area contributed by atoms with E-state index in [9.17, 15) is 18.0 Å². The van der Waals surface area contributed by atoms with Crippen molar-refractivity contribution >= 4 is 27.5 Å². The molecule has 1 heterocycles. The summed E-state index contributed by atoms with van der Waals surface area (Å²) in [7, 11) is -3.67. The molecule has 1 aliphatic heterocycles. The first-order valence-electron chi connectivity index (χ1n) is 9.20. The van der Waals surface area contributed by atoms with Gasteiger partial charge in [-0.05, 0) is 49.2 Å². The highest BCUT2D eigenvalue weighted by Gasteiger charge is 2.18. The molecular formula is C20H23N3O4S. The van der Waals surface area contributed by atoms with Crippen LogP contribution in [0.3, 0.4) is 0 Å². The van der Waals surface area contributed by atoms with Crippen LogP contribution in [0.1, 0.15) is 29.6 Å². The van der Waals surface area contributed by atoms with Crippen LogP contribution in [0.15, 0.2) is 59.5 Å². The van der Waals surface area contributed by atoms with Crippen LogP contribution in [0.25, 0.3) is 0 Å². The summed E-state index contributed by atoms with van der Waals surface area (Å²) in [5, 5.41) is 2.72. The molecule has 0 bridgehead atoms. The Balaban J connectivity index is 1.52. The Labute approximate surface area is 164 Å². The fourth-order valence-corrected chi connectivity index (χ4v) is 4.09. The van der Waals surface area contributed by atoms with Crippen LogP contribution in [-0.4, -0.2) is 44.8 Å². The number of sulfonamides is 1. The average molecular weight is 401 g/mol. The summed E-state index contributed by atoms with van der Waals surface area (Å²) in [6.45, 7) is 1.87. The Morgan fingerprint density at radius 1 is 0.929 bits per heavy atom. The van der Waals surface area contributed by atoms with E-state index >= 15 is 0 Å². The topological polar surface area (TPSA) is 95.6 Å². The molecule has 0 aromatic heterocycles. The summed E-state index contributed by atoms with van der Waals surface area (Å²) in [5.74, 6) is -0.241. The number of likely N-dealkylation sites (tertiary alicyclic amines) is 1. The van der Waals surface area contributed by atoms with Crippen LogP contribution >= 0.6 is 0 Å². The molecule has 0 unspecified atom stereocenters. The first-order valence-corrected chi connectivity index (χ1v) is 10.7. The van der Waals surface area contributed by atoms with E-state index in [2.05, 4.69) is 10.0 Å². The number of benzene rings is 2. The lowest BCUT2D eigenvalue weighted by Gasteiger charge is -2.15. The predicted molar refractivity (Wildman–Crippen MR) is 106 cm³/mol. The number of hydrogen-bond donors (Lipinski definition) is 2. The fraction of sp³-hybridized carbons (Fsp3) is 0.300. The van der Waals surface area contributed by atoms with Crippen LogP contribution < -0.4 is 10.0 Å². The van der Waals surface area contributed by atoms with E-state index in [1.165, 1.54) is 24.3 Å². The van der Waals surface area contributed by atoms with Crippen molar-refractivity contribution in [2.75, 3.05) is 24.4 Å². The number of nitrogens with zero attached hydrogens (tertiary/aromatic N) is 1. The van der Waals surface area contributed by atoms with Gasteiger partial charge >= 0.3 is 0 Å². The van der Waals surface area contributed by atoms with Gasteiger partial charge in [0.05, 0.1) is 4.90 Å². The quantitative estimate of drug-likeness (QED) is 0.744. The monoisotopic (exact) mass is 401 g/mol. The molecule has 1 saturated heterocycles. The van der Waals surface area contributed by atoms with Gasteiger partial charge in [0.25, 0.3) is 15.9 Å². The molecule has 8 heteroatoms. The Hall–Kier alpha value is -2.87. The fourth-order valence-electron chi connectivity index (χ4n) is 3.01. The first kappa shape index (κ1) is 19.9. The third-order valence-corrected chi connectivity index (χ3v) is 5.93. The normalized spacial score (nSPS) is 13.9. The molecule has 0 aliphatic carbocycles. The first-order chi connectivity index (χ1) is 13.5. The predicted octanol–water partition coefficient (Wildman–Crippen LogP) is 2.23. The standard InChI is InChI=1S/C20H23N3O4S/c24-19(23-14-4-5-15-23)12-13-21-20(25)16-8-10-17(11-9-16)22-28(26,27)18-6-2-1-3-7-18/h1-3,6-11,22H,4-5,12-15H2,(H,21,25). The maximum atomic E-state index is 12.3. The molecule has 0 radical (unpaired) electrons. The summed E-state index contributed by atoms with van der Waals surface area (Å²) in [4.78, 5) is 26.1. The average Bonchev–Trinajstić information content (AvgIpc) is 3.24. The van der Waals surface area contributed by atoms with E-state index in [0.717, 1.165) is 25.9 Å². The number of amides is 2. The maximum absolute atomic E-state index is 12.3. The van der Waals surface area contributed by atoms with Crippen LogP contribution in [0, 0.1) is 0 Å². The Morgan fingerprint density at radius 2 is 1.57 bits per heavy atom. The summed E-state index contributed by atoms with van der Waals surface area (Å²) < 4.78 is 27.1. The number of rotatable bonds is 7. The molecule has 28 heavy (non-hydrogen) atoms. The summed E-state index contributed by atoms with van der Waals surface area (Å²) in [6.07, 6.45) is 2.36. The van der Waals surface area contributed by atoms with Crippen molar-refractivity contribution in [2.45, 2.75) is 24.2 Å². The zero-order valence-electron chi connectivity index (χ0n) is 15.4. The van der Waals surface area contributed by atoms with Crippen LogP contribution in [0.2, 0.25) is 0 Å². The number of carbonyl (C=O) groups is 2. The number of anilines is 1. The van der Waals surface area contributed by atoms with Gasteiger partial charge in [-0.1, -0.05) is 18.2 Å². The lowest BCUT2D eigenvalue weighted by Crippen LogP contribution is -2.32. The summed E-state index contributed by atoms with van der Waals surface area (Å²) in [5.41, 5.74) is 0.765. The SMILES string of the molecule is O=C(NCCC(=O)N1CCCC1)c1ccc(NS(=O)(=O)c2ccccc2)cc1. The molecule has 2 aromatic rings. The highest BCUT2D eigenvalue weighted by atomic mass is 32.2. The van der Waals surface area contributed by atoms with Crippen molar-refractivity contribution in [1.82, 2.24) is 10.2 Å².